The van der Waals surface area contributed by atoms with Crippen molar-refractivity contribution in [3.05, 3.63) is 71.5 Å². The smallest absolute Gasteiger partial charge is 0.317 e. The SMILES string of the molecule is CN(Cc1ccccc1)C(=O)NCCc1ccc(F)cc1. The summed E-state index contributed by atoms with van der Waals surface area (Å²) < 4.78 is 12.8. The predicted octanol–water partition coefficient (Wildman–Crippen LogP) is 3.21. The second kappa shape index (κ2) is 7.43. The predicted molar refractivity (Wildman–Crippen MR) is 81.4 cm³/mol. The van der Waals surface area contributed by atoms with Gasteiger partial charge in [-0.05, 0) is 29.7 Å². The summed E-state index contributed by atoms with van der Waals surface area (Å²) in [7, 11) is 1.76. The van der Waals surface area contributed by atoms with E-state index >= 15 is 0 Å². The average Bonchev–Trinajstić information content (AvgIpc) is 2.50. The lowest BCUT2D eigenvalue weighted by molar-refractivity contribution is 0.207. The summed E-state index contributed by atoms with van der Waals surface area (Å²) in [4.78, 5) is 13.6. The minimum Gasteiger partial charge on any atom is -0.338 e. The Morgan fingerprint density at radius 2 is 1.71 bits per heavy atom. The molecular weight excluding hydrogens is 267 g/mol. The Morgan fingerprint density at radius 1 is 1.05 bits per heavy atom. The van der Waals surface area contributed by atoms with E-state index in [-0.39, 0.29) is 11.8 Å². The van der Waals surface area contributed by atoms with Gasteiger partial charge >= 0.3 is 6.03 Å². The van der Waals surface area contributed by atoms with Crippen LogP contribution in [-0.2, 0) is 13.0 Å². The number of hydrogen-bond acceptors (Lipinski definition) is 1. The molecule has 2 aromatic carbocycles. The van der Waals surface area contributed by atoms with Crippen molar-refractivity contribution >= 4 is 6.03 Å². The van der Waals surface area contributed by atoms with E-state index in [2.05, 4.69) is 5.32 Å². The van der Waals surface area contributed by atoms with E-state index in [0.29, 0.717) is 19.5 Å². The van der Waals surface area contributed by atoms with E-state index in [1.807, 2.05) is 30.3 Å². The minimum atomic E-state index is -0.245. The van der Waals surface area contributed by atoms with Crippen LogP contribution in [-0.4, -0.2) is 24.5 Å². The lowest BCUT2D eigenvalue weighted by atomic mass is 10.1. The number of carbonyl (C=O) groups excluding carboxylic acids is 1. The highest BCUT2D eigenvalue weighted by molar-refractivity contribution is 5.73. The van der Waals surface area contributed by atoms with Gasteiger partial charge in [0.25, 0.3) is 0 Å². The third-order valence-electron chi connectivity index (χ3n) is 3.21. The number of benzene rings is 2. The largest absolute Gasteiger partial charge is 0.338 e. The van der Waals surface area contributed by atoms with Gasteiger partial charge in [0.2, 0.25) is 0 Å². The summed E-state index contributed by atoms with van der Waals surface area (Å²) in [6.45, 7) is 1.10. The number of amides is 2. The first-order valence-electron chi connectivity index (χ1n) is 6.92. The van der Waals surface area contributed by atoms with E-state index in [0.717, 1.165) is 11.1 Å². The standard InChI is InChI=1S/C17H19FN2O/c1-20(13-15-5-3-2-4-6-15)17(21)19-12-11-14-7-9-16(18)10-8-14/h2-10H,11-13H2,1H3,(H,19,21). The maximum absolute atomic E-state index is 12.8. The highest BCUT2D eigenvalue weighted by Crippen LogP contribution is 2.04. The van der Waals surface area contributed by atoms with Crippen molar-refractivity contribution in [2.75, 3.05) is 13.6 Å². The summed E-state index contributed by atoms with van der Waals surface area (Å²) in [5, 5.41) is 2.86. The van der Waals surface area contributed by atoms with Crippen molar-refractivity contribution in [3.8, 4) is 0 Å². The van der Waals surface area contributed by atoms with Gasteiger partial charge in [0.05, 0.1) is 0 Å². The van der Waals surface area contributed by atoms with Gasteiger partial charge in [0.1, 0.15) is 5.82 Å². The van der Waals surface area contributed by atoms with Gasteiger partial charge < -0.3 is 10.2 Å². The fourth-order valence-corrected chi connectivity index (χ4v) is 2.03. The molecule has 4 heteroatoms. The Bertz CT molecular complexity index is 569. The summed E-state index contributed by atoms with van der Waals surface area (Å²) in [6.07, 6.45) is 0.686. The molecule has 0 radical (unpaired) electrons. The Hall–Kier alpha value is -2.36. The van der Waals surface area contributed by atoms with Crippen LogP contribution < -0.4 is 5.32 Å². The molecule has 0 aliphatic rings. The molecule has 21 heavy (non-hydrogen) atoms. The van der Waals surface area contributed by atoms with Gasteiger partial charge in [-0.25, -0.2) is 9.18 Å². The Balaban J connectivity index is 1.75. The van der Waals surface area contributed by atoms with Crippen LogP contribution >= 0.6 is 0 Å². The maximum atomic E-state index is 12.8. The highest BCUT2D eigenvalue weighted by atomic mass is 19.1. The topological polar surface area (TPSA) is 32.3 Å². The molecule has 0 saturated carbocycles. The Labute approximate surface area is 124 Å². The molecule has 0 atom stereocenters. The zero-order valence-electron chi connectivity index (χ0n) is 12.1. The van der Waals surface area contributed by atoms with E-state index in [1.54, 1.807) is 24.1 Å². The molecule has 0 aromatic heterocycles. The van der Waals surface area contributed by atoms with Crippen LogP contribution in [0, 0.1) is 5.82 Å². The molecule has 0 unspecified atom stereocenters. The maximum Gasteiger partial charge on any atom is 0.317 e. The fraction of sp³-hybridized carbons (Fsp3) is 0.235. The number of hydrogen-bond donors (Lipinski definition) is 1. The summed E-state index contributed by atoms with van der Waals surface area (Å²) in [5.74, 6) is -0.245. The van der Waals surface area contributed by atoms with Crippen molar-refractivity contribution < 1.29 is 9.18 Å². The summed E-state index contributed by atoms with van der Waals surface area (Å²) in [5.41, 5.74) is 2.09. The van der Waals surface area contributed by atoms with Crippen LogP contribution in [0.1, 0.15) is 11.1 Å². The number of halogens is 1. The van der Waals surface area contributed by atoms with Crippen molar-refractivity contribution in [2.24, 2.45) is 0 Å². The molecule has 0 spiro atoms. The van der Waals surface area contributed by atoms with Crippen LogP contribution in [0.3, 0.4) is 0 Å². The quantitative estimate of drug-likeness (QED) is 0.899. The first kappa shape index (κ1) is 15.0. The normalized spacial score (nSPS) is 10.2. The van der Waals surface area contributed by atoms with Gasteiger partial charge in [-0.1, -0.05) is 42.5 Å². The van der Waals surface area contributed by atoms with E-state index in [1.165, 1.54) is 12.1 Å². The molecule has 2 rings (SSSR count). The van der Waals surface area contributed by atoms with Crippen molar-refractivity contribution in [2.45, 2.75) is 13.0 Å². The van der Waals surface area contributed by atoms with Crippen LogP contribution in [0.4, 0.5) is 9.18 Å². The molecule has 110 valence electrons. The fourth-order valence-electron chi connectivity index (χ4n) is 2.03. The van der Waals surface area contributed by atoms with Crippen LogP contribution in [0.15, 0.2) is 54.6 Å². The molecule has 0 heterocycles. The highest BCUT2D eigenvalue weighted by Gasteiger charge is 2.07. The third kappa shape index (κ3) is 4.91. The molecule has 0 aliphatic carbocycles. The molecule has 0 fully saturated rings. The molecule has 3 nitrogen and oxygen atoms in total. The lowest BCUT2D eigenvalue weighted by Gasteiger charge is -2.18. The van der Waals surface area contributed by atoms with Crippen LogP contribution in [0.25, 0.3) is 0 Å². The molecular formula is C17H19FN2O. The lowest BCUT2D eigenvalue weighted by Crippen LogP contribution is -2.37. The van der Waals surface area contributed by atoms with Crippen molar-refractivity contribution in [3.63, 3.8) is 0 Å². The average molecular weight is 286 g/mol. The van der Waals surface area contributed by atoms with Gasteiger partial charge in [-0.2, -0.15) is 0 Å². The Kier molecular flexibility index (Phi) is 5.32. The van der Waals surface area contributed by atoms with E-state index in [9.17, 15) is 9.18 Å². The zero-order valence-corrected chi connectivity index (χ0v) is 12.1. The number of urea groups is 1. The van der Waals surface area contributed by atoms with Gasteiger partial charge in [-0.15, -0.1) is 0 Å². The van der Waals surface area contributed by atoms with Crippen molar-refractivity contribution in [1.29, 1.82) is 0 Å². The molecule has 0 bridgehead atoms. The monoisotopic (exact) mass is 286 g/mol. The van der Waals surface area contributed by atoms with E-state index in [4.69, 9.17) is 0 Å². The van der Waals surface area contributed by atoms with Gasteiger partial charge in [0, 0.05) is 20.1 Å². The van der Waals surface area contributed by atoms with Crippen LogP contribution in [0.2, 0.25) is 0 Å². The van der Waals surface area contributed by atoms with Gasteiger partial charge in [0.15, 0.2) is 0 Å². The Morgan fingerprint density at radius 3 is 2.38 bits per heavy atom. The van der Waals surface area contributed by atoms with Crippen molar-refractivity contribution in [1.82, 2.24) is 10.2 Å². The van der Waals surface area contributed by atoms with E-state index < -0.39 is 0 Å². The number of rotatable bonds is 5. The third-order valence-corrected chi connectivity index (χ3v) is 3.21. The second-order valence-electron chi connectivity index (χ2n) is 4.95. The number of nitrogens with zero attached hydrogens (tertiary/aromatic N) is 1. The second-order valence-corrected chi connectivity index (χ2v) is 4.95. The summed E-state index contributed by atoms with van der Waals surface area (Å²) >= 11 is 0. The molecule has 2 amide bonds. The molecule has 1 N–H and O–H groups in total. The van der Waals surface area contributed by atoms with Crippen LogP contribution in [0.5, 0.6) is 0 Å². The number of nitrogens with one attached hydrogen (secondary N) is 1. The molecule has 2 aromatic rings. The van der Waals surface area contributed by atoms with Gasteiger partial charge in [-0.3, -0.25) is 0 Å². The zero-order chi connectivity index (χ0) is 15.1. The summed E-state index contributed by atoms with van der Waals surface area (Å²) in [6, 6.07) is 16.0. The molecule has 0 saturated heterocycles. The first-order valence-corrected chi connectivity index (χ1v) is 6.92. The minimum absolute atomic E-state index is 0.110. The first-order chi connectivity index (χ1) is 10.1. The molecule has 0 aliphatic heterocycles. The number of carbonyl (C=O) groups is 1.